The first-order valence-electron chi connectivity index (χ1n) is 5.98. The Morgan fingerprint density at radius 2 is 2.15 bits per heavy atom. The van der Waals surface area contributed by atoms with Gasteiger partial charge in [0, 0.05) is 5.69 Å². The number of benzene rings is 1. The Morgan fingerprint density at radius 1 is 1.40 bits per heavy atom. The molecular weight excluding hydrogens is 260 g/mol. The fourth-order valence-electron chi connectivity index (χ4n) is 1.75. The molecule has 0 saturated carbocycles. The van der Waals surface area contributed by atoms with E-state index < -0.39 is 4.92 Å². The minimum Gasteiger partial charge on any atom is -0.334 e. The summed E-state index contributed by atoms with van der Waals surface area (Å²) < 4.78 is 0. The van der Waals surface area contributed by atoms with Crippen LogP contribution in [0.25, 0.3) is 0 Å². The summed E-state index contributed by atoms with van der Waals surface area (Å²) in [7, 11) is 0. The molecule has 0 saturated heterocycles. The lowest BCUT2D eigenvalue weighted by molar-refractivity contribution is -0.384. The minimum atomic E-state index is -0.544. The van der Waals surface area contributed by atoms with Crippen LogP contribution in [0.2, 0.25) is 0 Å². The Bertz CT molecular complexity index is 631. The van der Waals surface area contributed by atoms with Gasteiger partial charge in [-0.2, -0.15) is 4.98 Å². The number of hydrogen-bond donors (Lipinski definition) is 3. The van der Waals surface area contributed by atoms with Gasteiger partial charge in [-0.3, -0.25) is 15.5 Å². The Labute approximate surface area is 115 Å². The maximum atomic E-state index is 11.0. The summed E-state index contributed by atoms with van der Waals surface area (Å²) in [4.78, 5) is 18.2. The van der Waals surface area contributed by atoms with Gasteiger partial charge in [0.25, 0.3) is 0 Å². The van der Waals surface area contributed by atoms with Crippen LogP contribution in [0.1, 0.15) is 12.5 Å². The highest BCUT2D eigenvalue weighted by molar-refractivity contribution is 5.68. The lowest BCUT2D eigenvalue weighted by Gasteiger charge is -2.10. The molecule has 0 spiro atoms. The number of nitrogens with one attached hydrogen (secondary N) is 2. The van der Waals surface area contributed by atoms with Gasteiger partial charge < -0.3 is 5.32 Å². The van der Waals surface area contributed by atoms with Crippen LogP contribution < -0.4 is 16.6 Å². The lowest BCUT2D eigenvalue weighted by atomic mass is 10.1. The van der Waals surface area contributed by atoms with Crippen molar-refractivity contribution in [3.63, 3.8) is 0 Å². The summed E-state index contributed by atoms with van der Waals surface area (Å²) in [5, 5.41) is 14.0. The van der Waals surface area contributed by atoms with Crippen molar-refractivity contribution in [2.75, 3.05) is 10.7 Å². The van der Waals surface area contributed by atoms with Crippen molar-refractivity contribution in [1.82, 2.24) is 9.97 Å². The van der Waals surface area contributed by atoms with E-state index in [4.69, 9.17) is 5.84 Å². The first-order chi connectivity index (χ1) is 9.65. The Hall–Kier alpha value is -2.74. The average Bonchev–Trinajstić information content (AvgIpc) is 2.47. The highest BCUT2D eigenvalue weighted by atomic mass is 16.6. The molecule has 0 radical (unpaired) electrons. The monoisotopic (exact) mass is 274 g/mol. The molecule has 1 aromatic carbocycles. The highest BCUT2D eigenvalue weighted by Gasteiger charge is 2.18. The third-order valence-electron chi connectivity index (χ3n) is 2.75. The third kappa shape index (κ3) is 2.81. The maximum Gasteiger partial charge on any atom is 0.329 e. The predicted octanol–water partition coefficient (Wildman–Crippen LogP) is 1.98. The van der Waals surface area contributed by atoms with E-state index in [9.17, 15) is 10.1 Å². The number of aryl methyl sites for hydroxylation is 1. The highest BCUT2D eigenvalue weighted by Crippen LogP contribution is 2.27. The fraction of sp³-hybridized carbons (Fsp3) is 0.167. The third-order valence-corrected chi connectivity index (χ3v) is 2.75. The SMILES string of the molecule is CCc1ccccc1Nc1nc(NN)ncc1[N+](=O)[O-]. The Morgan fingerprint density at radius 3 is 2.80 bits per heavy atom. The molecule has 0 unspecified atom stereocenters. The van der Waals surface area contributed by atoms with E-state index in [0.29, 0.717) is 0 Å². The summed E-state index contributed by atoms with van der Waals surface area (Å²) in [5.74, 6) is 5.42. The van der Waals surface area contributed by atoms with E-state index in [-0.39, 0.29) is 17.5 Å². The number of nitrogens with two attached hydrogens (primary N) is 1. The summed E-state index contributed by atoms with van der Waals surface area (Å²) in [6, 6.07) is 7.53. The second kappa shape index (κ2) is 5.93. The van der Waals surface area contributed by atoms with Crippen molar-refractivity contribution < 1.29 is 4.92 Å². The molecule has 2 rings (SSSR count). The van der Waals surface area contributed by atoms with Gasteiger partial charge >= 0.3 is 5.69 Å². The molecule has 1 heterocycles. The zero-order valence-electron chi connectivity index (χ0n) is 10.8. The molecule has 104 valence electrons. The quantitative estimate of drug-likeness (QED) is 0.433. The van der Waals surface area contributed by atoms with Crippen LogP contribution in [0.5, 0.6) is 0 Å². The maximum absolute atomic E-state index is 11.0. The molecule has 0 aliphatic rings. The van der Waals surface area contributed by atoms with Crippen molar-refractivity contribution in [2.24, 2.45) is 5.84 Å². The van der Waals surface area contributed by atoms with Gasteiger partial charge in [0.1, 0.15) is 6.20 Å². The zero-order valence-corrected chi connectivity index (χ0v) is 10.8. The fourth-order valence-corrected chi connectivity index (χ4v) is 1.75. The van der Waals surface area contributed by atoms with Crippen LogP contribution in [-0.4, -0.2) is 14.9 Å². The van der Waals surface area contributed by atoms with Gasteiger partial charge in [0.15, 0.2) is 0 Å². The molecule has 8 heteroatoms. The molecule has 8 nitrogen and oxygen atoms in total. The molecule has 0 fully saturated rings. The Kier molecular flexibility index (Phi) is 4.06. The normalized spacial score (nSPS) is 10.1. The van der Waals surface area contributed by atoms with Crippen LogP contribution in [0.4, 0.5) is 23.1 Å². The van der Waals surface area contributed by atoms with Crippen molar-refractivity contribution in [1.29, 1.82) is 0 Å². The van der Waals surface area contributed by atoms with Gasteiger partial charge in [0.05, 0.1) is 4.92 Å². The number of nitrogen functional groups attached to an aromatic ring is 1. The predicted molar refractivity (Wildman–Crippen MR) is 75.6 cm³/mol. The van der Waals surface area contributed by atoms with Crippen LogP contribution in [0.3, 0.4) is 0 Å². The molecule has 0 aliphatic heterocycles. The van der Waals surface area contributed by atoms with Gasteiger partial charge in [0.2, 0.25) is 11.8 Å². The molecule has 20 heavy (non-hydrogen) atoms. The molecule has 0 amide bonds. The molecule has 4 N–H and O–H groups in total. The topological polar surface area (TPSA) is 119 Å². The smallest absolute Gasteiger partial charge is 0.329 e. The van der Waals surface area contributed by atoms with E-state index in [1.54, 1.807) is 0 Å². The van der Waals surface area contributed by atoms with Crippen LogP contribution in [-0.2, 0) is 6.42 Å². The van der Waals surface area contributed by atoms with Crippen LogP contribution >= 0.6 is 0 Å². The van der Waals surface area contributed by atoms with Gasteiger partial charge in [-0.1, -0.05) is 25.1 Å². The number of hydrazine groups is 1. The second-order valence-corrected chi connectivity index (χ2v) is 3.96. The molecule has 0 aliphatic carbocycles. The standard InChI is InChI=1S/C12H14N6O2/c1-2-8-5-3-4-6-9(8)15-11-10(18(19)20)7-14-12(16-11)17-13/h3-7H,2,13H2,1H3,(H2,14,15,16,17). The number of aromatic nitrogens is 2. The molecule has 0 bridgehead atoms. The number of nitro groups is 1. The number of nitrogens with zero attached hydrogens (tertiary/aromatic N) is 3. The van der Waals surface area contributed by atoms with Gasteiger partial charge in [-0.05, 0) is 18.1 Å². The molecule has 2 aromatic rings. The largest absolute Gasteiger partial charge is 0.334 e. The minimum absolute atomic E-state index is 0.0962. The summed E-state index contributed by atoms with van der Waals surface area (Å²) >= 11 is 0. The van der Waals surface area contributed by atoms with E-state index in [0.717, 1.165) is 23.9 Å². The van der Waals surface area contributed by atoms with Gasteiger partial charge in [-0.15, -0.1) is 0 Å². The van der Waals surface area contributed by atoms with E-state index in [1.807, 2.05) is 31.2 Å². The second-order valence-electron chi connectivity index (χ2n) is 3.96. The Balaban J connectivity index is 2.43. The number of para-hydroxylation sites is 1. The van der Waals surface area contributed by atoms with Crippen molar-refractivity contribution in [3.05, 3.63) is 46.1 Å². The molecular formula is C12H14N6O2. The van der Waals surface area contributed by atoms with Crippen molar-refractivity contribution >= 4 is 23.1 Å². The first kappa shape index (κ1) is 13.7. The molecule has 0 atom stereocenters. The lowest BCUT2D eigenvalue weighted by Crippen LogP contribution is -2.12. The summed E-state index contributed by atoms with van der Waals surface area (Å²) in [6.45, 7) is 2.00. The van der Waals surface area contributed by atoms with E-state index in [2.05, 4.69) is 20.7 Å². The summed E-state index contributed by atoms with van der Waals surface area (Å²) in [5.41, 5.74) is 3.84. The van der Waals surface area contributed by atoms with Gasteiger partial charge in [-0.25, -0.2) is 10.8 Å². The average molecular weight is 274 g/mol. The first-order valence-corrected chi connectivity index (χ1v) is 5.98. The van der Waals surface area contributed by atoms with E-state index >= 15 is 0 Å². The van der Waals surface area contributed by atoms with Crippen LogP contribution in [0.15, 0.2) is 30.5 Å². The number of anilines is 3. The number of hydrogen-bond acceptors (Lipinski definition) is 7. The van der Waals surface area contributed by atoms with Crippen molar-refractivity contribution in [3.8, 4) is 0 Å². The molecule has 1 aromatic heterocycles. The summed E-state index contributed by atoms with van der Waals surface area (Å²) in [6.07, 6.45) is 1.91. The van der Waals surface area contributed by atoms with E-state index in [1.165, 1.54) is 0 Å². The van der Waals surface area contributed by atoms with Crippen molar-refractivity contribution in [2.45, 2.75) is 13.3 Å². The van der Waals surface area contributed by atoms with Crippen LogP contribution in [0, 0.1) is 10.1 Å². The zero-order chi connectivity index (χ0) is 14.5. The number of rotatable bonds is 5.